The highest BCUT2D eigenvalue weighted by molar-refractivity contribution is 14.0. The minimum Gasteiger partial charge on any atom is -0.489 e. The second-order valence-electron chi connectivity index (χ2n) is 6.23. The molecule has 0 aliphatic carbocycles. The summed E-state index contributed by atoms with van der Waals surface area (Å²) in [6.45, 7) is 4.00. The monoisotopic (exact) mass is 513 g/mol. The van der Waals surface area contributed by atoms with Crippen molar-refractivity contribution in [2.45, 2.75) is 19.6 Å². The fourth-order valence-corrected chi connectivity index (χ4v) is 2.52. The molecule has 0 bridgehead atoms. The molecule has 0 fully saturated rings. The van der Waals surface area contributed by atoms with Crippen LogP contribution in [0.15, 0.2) is 59.6 Å². The van der Waals surface area contributed by atoms with Crippen molar-refractivity contribution < 1.29 is 14.2 Å². The lowest BCUT2D eigenvalue weighted by atomic mass is 10.2. The Bertz CT molecular complexity index is 699. The summed E-state index contributed by atoms with van der Waals surface area (Å²) < 4.78 is 16.3. The van der Waals surface area contributed by atoms with Crippen molar-refractivity contribution in [3.63, 3.8) is 0 Å². The van der Waals surface area contributed by atoms with Gasteiger partial charge in [0.15, 0.2) is 5.96 Å². The highest BCUT2D eigenvalue weighted by Gasteiger charge is 2.01. The lowest BCUT2D eigenvalue weighted by molar-refractivity contribution is 0.0698. The van der Waals surface area contributed by atoms with Gasteiger partial charge < -0.3 is 24.8 Å². The van der Waals surface area contributed by atoms with Crippen LogP contribution < -0.4 is 15.4 Å². The van der Waals surface area contributed by atoms with E-state index >= 15 is 0 Å². The van der Waals surface area contributed by atoms with E-state index < -0.39 is 0 Å². The molecule has 7 heteroatoms. The zero-order valence-corrected chi connectivity index (χ0v) is 19.6. The Morgan fingerprint density at radius 1 is 0.931 bits per heavy atom. The van der Waals surface area contributed by atoms with Gasteiger partial charge in [0.1, 0.15) is 12.4 Å². The fraction of sp³-hybridized carbons (Fsp3) is 0.409. The number of rotatable bonds is 12. The van der Waals surface area contributed by atoms with E-state index in [1.807, 2.05) is 36.4 Å². The Morgan fingerprint density at radius 2 is 1.72 bits per heavy atom. The van der Waals surface area contributed by atoms with Crippen LogP contribution in [0.1, 0.15) is 17.5 Å². The van der Waals surface area contributed by atoms with Crippen molar-refractivity contribution in [2.24, 2.45) is 4.99 Å². The normalized spacial score (nSPS) is 10.9. The molecule has 0 aliphatic rings. The third kappa shape index (κ3) is 11.1. The van der Waals surface area contributed by atoms with Gasteiger partial charge in [-0.25, -0.2) is 0 Å². The van der Waals surface area contributed by atoms with E-state index in [-0.39, 0.29) is 24.0 Å². The molecule has 0 heterocycles. The number of halogens is 1. The summed E-state index contributed by atoms with van der Waals surface area (Å²) in [7, 11) is 3.44. The van der Waals surface area contributed by atoms with E-state index in [1.165, 1.54) is 0 Å². The van der Waals surface area contributed by atoms with Crippen LogP contribution in [0.5, 0.6) is 5.75 Å². The van der Waals surface area contributed by atoms with Crippen molar-refractivity contribution in [3.8, 4) is 5.75 Å². The van der Waals surface area contributed by atoms with Crippen LogP contribution in [0.25, 0.3) is 0 Å². The zero-order valence-electron chi connectivity index (χ0n) is 17.2. The predicted molar refractivity (Wildman–Crippen MR) is 128 cm³/mol. The minimum absolute atomic E-state index is 0. The fourth-order valence-electron chi connectivity index (χ4n) is 2.52. The van der Waals surface area contributed by atoms with E-state index in [2.05, 4.69) is 33.8 Å². The number of hydrogen-bond donors (Lipinski definition) is 2. The third-order valence-electron chi connectivity index (χ3n) is 4.02. The number of ether oxygens (including phenoxy) is 3. The standard InChI is InChI=1S/C22H31N3O3.HI/c1-23-22(24-12-7-13-27-15-14-26-2)25-17-20-10-6-11-21(16-20)28-18-19-8-4-3-5-9-19;/h3-6,8-11,16H,7,12-15,17-18H2,1-2H3,(H2,23,24,25);1H. The summed E-state index contributed by atoms with van der Waals surface area (Å²) in [6, 6.07) is 18.3. The van der Waals surface area contributed by atoms with E-state index in [9.17, 15) is 0 Å². The first-order valence-corrected chi connectivity index (χ1v) is 9.58. The molecule has 0 saturated carbocycles. The lowest BCUT2D eigenvalue weighted by Gasteiger charge is -2.13. The van der Waals surface area contributed by atoms with E-state index in [1.54, 1.807) is 14.2 Å². The smallest absolute Gasteiger partial charge is 0.191 e. The highest BCUT2D eigenvalue weighted by atomic mass is 127. The summed E-state index contributed by atoms with van der Waals surface area (Å²) >= 11 is 0. The molecule has 0 radical (unpaired) electrons. The topological polar surface area (TPSA) is 64.1 Å². The molecule has 0 atom stereocenters. The Hall–Kier alpha value is -1.84. The van der Waals surface area contributed by atoms with Gasteiger partial charge in [0.05, 0.1) is 13.2 Å². The van der Waals surface area contributed by atoms with E-state index in [0.717, 1.165) is 35.8 Å². The van der Waals surface area contributed by atoms with Gasteiger partial charge in [-0.1, -0.05) is 42.5 Å². The Kier molecular flexibility index (Phi) is 13.9. The van der Waals surface area contributed by atoms with E-state index in [4.69, 9.17) is 14.2 Å². The largest absolute Gasteiger partial charge is 0.489 e. The third-order valence-corrected chi connectivity index (χ3v) is 4.02. The predicted octanol–water partition coefficient (Wildman–Crippen LogP) is 3.60. The van der Waals surface area contributed by atoms with Crippen LogP contribution in [0.3, 0.4) is 0 Å². The van der Waals surface area contributed by atoms with Gasteiger partial charge in [-0.2, -0.15) is 0 Å². The number of nitrogens with zero attached hydrogens (tertiary/aromatic N) is 1. The van der Waals surface area contributed by atoms with Crippen molar-refractivity contribution in [1.82, 2.24) is 10.6 Å². The Labute approximate surface area is 191 Å². The van der Waals surface area contributed by atoms with Crippen LogP contribution in [0.2, 0.25) is 0 Å². The number of nitrogens with one attached hydrogen (secondary N) is 2. The Morgan fingerprint density at radius 3 is 2.48 bits per heavy atom. The first-order valence-electron chi connectivity index (χ1n) is 9.58. The van der Waals surface area contributed by atoms with Gasteiger partial charge in [-0.05, 0) is 29.7 Å². The summed E-state index contributed by atoms with van der Waals surface area (Å²) in [5, 5.41) is 6.61. The minimum atomic E-state index is 0. The zero-order chi connectivity index (χ0) is 19.9. The van der Waals surface area contributed by atoms with Gasteiger partial charge in [0.25, 0.3) is 0 Å². The average Bonchev–Trinajstić information content (AvgIpc) is 2.75. The van der Waals surface area contributed by atoms with Crippen molar-refractivity contribution in [2.75, 3.05) is 40.5 Å². The first-order chi connectivity index (χ1) is 13.8. The molecule has 6 nitrogen and oxygen atoms in total. The van der Waals surface area contributed by atoms with Gasteiger partial charge in [-0.15, -0.1) is 24.0 Å². The number of hydrogen-bond acceptors (Lipinski definition) is 4. The first kappa shape index (κ1) is 25.2. The molecular weight excluding hydrogens is 481 g/mol. The maximum atomic E-state index is 5.89. The van der Waals surface area contributed by atoms with Crippen LogP contribution in [0.4, 0.5) is 0 Å². The summed E-state index contributed by atoms with van der Waals surface area (Å²) in [6.07, 6.45) is 0.910. The molecule has 29 heavy (non-hydrogen) atoms. The number of aliphatic imine (C=N–C) groups is 1. The number of guanidine groups is 1. The molecule has 0 spiro atoms. The van der Waals surface area contributed by atoms with Crippen molar-refractivity contribution in [1.29, 1.82) is 0 Å². The summed E-state index contributed by atoms with van der Waals surface area (Å²) in [5.74, 6) is 1.63. The molecular formula is C22H32IN3O3. The highest BCUT2D eigenvalue weighted by Crippen LogP contribution is 2.15. The molecule has 0 aromatic heterocycles. The summed E-state index contributed by atoms with van der Waals surface area (Å²) in [4.78, 5) is 4.25. The molecule has 160 valence electrons. The SMILES string of the molecule is CN=C(NCCCOCCOC)NCc1cccc(OCc2ccccc2)c1.I. The van der Waals surface area contributed by atoms with E-state index in [0.29, 0.717) is 33.0 Å². The Balaban J connectivity index is 0.00000420. The maximum absolute atomic E-state index is 5.89. The molecule has 0 amide bonds. The van der Waals surface area contributed by atoms with Crippen LogP contribution >= 0.6 is 24.0 Å². The molecule has 2 aromatic carbocycles. The molecule has 0 unspecified atom stereocenters. The van der Waals surface area contributed by atoms with Gasteiger partial charge >= 0.3 is 0 Å². The van der Waals surface area contributed by atoms with Crippen molar-refractivity contribution in [3.05, 3.63) is 65.7 Å². The van der Waals surface area contributed by atoms with Gasteiger partial charge in [0, 0.05) is 33.9 Å². The number of methoxy groups -OCH3 is 1. The van der Waals surface area contributed by atoms with Crippen LogP contribution in [-0.4, -0.2) is 46.5 Å². The molecule has 2 rings (SSSR count). The molecule has 0 aliphatic heterocycles. The second-order valence-corrected chi connectivity index (χ2v) is 6.23. The van der Waals surface area contributed by atoms with Gasteiger partial charge in [0.2, 0.25) is 0 Å². The molecule has 2 aromatic rings. The molecule has 0 saturated heterocycles. The van der Waals surface area contributed by atoms with Crippen LogP contribution in [-0.2, 0) is 22.6 Å². The number of benzene rings is 2. The average molecular weight is 513 g/mol. The molecule has 2 N–H and O–H groups in total. The quantitative estimate of drug-likeness (QED) is 0.197. The van der Waals surface area contributed by atoms with Crippen molar-refractivity contribution >= 4 is 29.9 Å². The maximum Gasteiger partial charge on any atom is 0.191 e. The van der Waals surface area contributed by atoms with Crippen LogP contribution in [0, 0.1) is 0 Å². The lowest BCUT2D eigenvalue weighted by Crippen LogP contribution is -2.37. The second kappa shape index (κ2) is 16.0. The van der Waals surface area contributed by atoms with Gasteiger partial charge in [-0.3, -0.25) is 4.99 Å². The summed E-state index contributed by atoms with van der Waals surface area (Å²) in [5.41, 5.74) is 2.29.